The molecule has 0 bridgehead atoms. The summed E-state index contributed by atoms with van der Waals surface area (Å²) in [5, 5.41) is 0. The zero-order valence-corrected chi connectivity index (χ0v) is 15.7. The summed E-state index contributed by atoms with van der Waals surface area (Å²) in [6.07, 6.45) is 5.05. The number of ether oxygens (including phenoxy) is 1. The van der Waals surface area contributed by atoms with E-state index in [1.807, 2.05) is 12.1 Å². The number of likely N-dealkylation sites (tertiary alicyclic amines) is 1. The van der Waals surface area contributed by atoms with Crippen molar-refractivity contribution in [2.75, 3.05) is 33.0 Å². The molecule has 1 saturated heterocycles. The molecule has 1 amide bonds. The Hall–Kier alpha value is -1.60. The Morgan fingerprint density at radius 3 is 2.28 bits per heavy atom. The minimum absolute atomic E-state index is 0.00537. The van der Waals surface area contributed by atoms with Crippen LogP contribution in [0.15, 0.2) is 24.3 Å². The Morgan fingerprint density at radius 2 is 1.76 bits per heavy atom. The molecule has 0 N–H and O–H groups in total. The summed E-state index contributed by atoms with van der Waals surface area (Å²) in [6, 6.07) is 7.27. The largest absolute Gasteiger partial charge is 0.493 e. The van der Waals surface area contributed by atoms with Crippen molar-refractivity contribution in [2.45, 2.75) is 31.7 Å². The molecule has 1 heterocycles. The van der Waals surface area contributed by atoms with Gasteiger partial charge in [-0.25, -0.2) is 12.7 Å². The van der Waals surface area contributed by atoms with E-state index in [1.165, 1.54) is 23.4 Å². The Kier molecular flexibility index (Phi) is 5.34. The highest BCUT2D eigenvalue weighted by atomic mass is 32.2. The van der Waals surface area contributed by atoms with Gasteiger partial charge in [0.15, 0.2) is 0 Å². The molecule has 0 radical (unpaired) electrons. The number of carbonyl (C=O) groups is 1. The number of nitrogens with zero attached hydrogens (tertiary/aromatic N) is 2. The monoisotopic (exact) mass is 366 g/mol. The normalized spacial score (nSPS) is 19.2. The molecular weight excluding hydrogens is 340 g/mol. The number of hydrogen-bond donors (Lipinski definition) is 0. The van der Waals surface area contributed by atoms with Crippen LogP contribution in [0.2, 0.25) is 0 Å². The molecule has 3 rings (SSSR count). The first kappa shape index (κ1) is 18.2. The Balaban J connectivity index is 1.53. The zero-order chi connectivity index (χ0) is 18.0. The minimum Gasteiger partial charge on any atom is -0.493 e. The lowest BCUT2D eigenvalue weighted by molar-refractivity contribution is 0.0686. The van der Waals surface area contributed by atoms with Crippen molar-refractivity contribution in [2.24, 2.45) is 5.92 Å². The fourth-order valence-electron chi connectivity index (χ4n) is 3.08. The van der Waals surface area contributed by atoms with E-state index >= 15 is 0 Å². The van der Waals surface area contributed by atoms with Gasteiger partial charge < -0.3 is 9.64 Å². The lowest BCUT2D eigenvalue weighted by Crippen LogP contribution is -2.47. The van der Waals surface area contributed by atoms with Crippen LogP contribution in [0.5, 0.6) is 5.75 Å². The van der Waals surface area contributed by atoms with Gasteiger partial charge in [-0.2, -0.15) is 0 Å². The zero-order valence-electron chi connectivity index (χ0n) is 14.8. The van der Waals surface area contributed by atoms with Crippen LogP contribution in [-0.2, 0) is 10.0 Å². The maximum absolute atomic E-state index is 12.6. The van der Waals surface area contributed by atoms with Gasteiger partial charge in [-0.05, 0) is 55.9 Å². The maximum Gasteiger partial charge on any atom is 0.253 e. The fourth-order valence-corrected chi connectivity index (χ4v) is 3.83. The third kappa shape index (κ3) is 4.73. The van der Waals surface area contributed by atoms with Crippen LogP contribution in [0.1, 0.15) is 36.0 Å². The lowest BCUT2D eigenvalue weighted by atomic mass is 10.0. The van der Waals surface area contributed by atoms with Crippen molar-refractivity contribution in [1.29, 1.82) is 0 Å². The standard InChI is InChI=1S/C18H26N2O4S/c1-19(25(2,22)23)16-9-11-20(12-10-16)18(21)15-5-7-17(8-6-15)24-13-14-3-4-14/h5-8,14,16H,3-4,9-13H2,1-2H3. The molecule has 7 heteroatoms. The van der Waals surface area contributed by atoms with Crippen molar-refractivity contribution >= 4 is 15.9 Å². The van der Waals surface area contributed by atoms with Gasteiger partial charge in [0.25, 0.3) is 5.91 Å². The van der Waals surface area contributed by atoms with Gasteiger partial charge in [-0.15, -0.1) is 0 Å². The molecule has 2 fully saturated rings. The number of hydrogen-bond acceptors (Lipinski definition) is 4. The van der Waals surface area contributed by atoms with Gasteiger partial charge in [-0.1, -0.05) is 0 Å². The Bertz CT molecular complexity index is 705. The van der Waals surface area contributed by atoms with Crippen molar-refractivity contribution in [3.05, 3.63) is 29.8 Å². The van der Waals surface area contributed by atoms with Gasteiger partial charge in [-0.3, -0.25) is 4.79 Å². The molecule has 6 nitrogen and oxygen atoms in total. The number of sulfonamides is 1. The molecule has 0 spiro atoms. The molecule has 1 aromatic rings. The van der Waals surface area contributed by atoms with E-state index in [1.54, 1.807) is 24.1 Å². The molecule has 1 aliphatic carbocycles. The van der Waals surface area contributed by atoms with E-state index in [4.69, 9.17) is 4.74 Å². The molecule has 25 heavy (non-hydrogen) atoms. The predicted octanol–water partition coefficient (Wildman–Crippen LogP) is 1.97. The quantitative estimate of drug-likeness (QED) is 0.772. The van der Waals surface area contributed by atoms with Crippen molar-refractivity contribution < 1.29 is 17.9 Å². The highest BCUT2D eigenvalue weighted by molar-refractivity contribution is 7.88. The summed E-state index contributed by atoms with van der Waals surface area (Å²) in [7, 11) is -1.58. The first-order chi connectivity index (χ1) is 11.8. The van der Waals surface area contributed by atoms with Gasteiger partial charge in [0.2, 0.25) is 10.0 Å². The molecule has 1 aromatic carbocycles. The number of rotatable bonds is 6. The van der Waals surface area contributed by atoms with E-state index < -0.39 is 10.0 Å². The number of amides is 1. The molecule has 138 valence electrons. The topological polar surface area (TPSA) is 66.9 Å². The van der Waals surface area contributed by atoms with Crippen LogP contribution in [0, 0.1) is 5.92 Å². The van der Waals surface area contributed by atoms with Gasteiger partial charge in [0, 0.05) is 31.7 Å². The van der Waals surface area contributed by atoms with Crippen LogP contribution in [0.4, 0.5) is 0 Å². The SMILES string of the molecule is CN(C1CCN(C(=O)c2ccc(OCC3CC3)cc2)CC1)S(C)(=O)=O. The number of piperidine rings is 1. The van der Waals surface area contributed by atoms with Crippen molar-refractivity contribution in [1.82, 2.24) is 9.21 Å². The second-order valence-electron chi connectivity index (χ2n) is 7.08. The van der Waals surface area contributed by atoms with E-state index in [-0.39, 0.29) is 11.9 Å². The third-order valence-electron chi connectivity index (χ3n) is 5.07. The predicted molar refractivity (Wildman–Crippen MR) is 96.2 cm³/mol. The summed E-state index contributed by atoms with van der Waals surface area (Å²) in [5.74, 6) is 1.50. The Labute approximate surface area is 149 Å². The van der Waals surface area contributed by atoms with Crippen LogP contribution in [-0.4, -0.2) is 62.6 Å². The Morgan fingerprint density at radius 1 is 1.16 bits per heavy atom. The maximum atomic E-state index is 12.6. The molecule has 1 saturated carbocycles. The highest BCUT2D eigenvalue weighted by Crippen LogP contribution is 2.29. The smallest absolute Gasteiger partial charge is 0.253 e. The van der Waals surface area contributed by atoms with Crippen molar-refractivity contribution in [3.8, 4) is 5.75 Å². The summed E-state index contributed by atoms with van der Waals surface area (Å²) in [4.78, 5) is 14.4. The molecule has 0 aromatic heterocycles. The number of carbonyl (C=O) groups excluding carboxylic acids is 1. The lowest BCUT2D eigenvalue weighted by Gasteiger charge is -2.35. The molecule has 0 atom stereocenters. The summed E-state index contributed by atoms with van der Waals surface area (Å²) in [6.45, 7) is 1.90. The molecule has 2 aliphatic rings. The minimum atomic E-state index is -3.19. The van der Waals surface area contributed by atoms with Crippen LogP contribution in [0.3, 0.4) is 0 Å². The second-order valence-corrected chi connectivity index (χ2v) is 9.12. The summed E-state index contributed by atoms with van der Waals surface area (Å²) >= 11 is 0. The van der Waals surface area contributed by atoms with E-state index in [9.17, 15) is 13.2 Å². The fraction of sp³-hybridized carbons (Fsp3) is 0.611. The summed E-state index contributed by atoms with van der Waals surface area (Å²) in [5.41, 5.74) is 0.647. The molecule has 1 aliphatic heterocycles. The third-order valence-corrected chi connectivity index (χ3v) is 6.42. The highest BCUT2D eigenvalue weighted by Gasteiger charge is 2.29. The van der Waals surface area contributed by atoms with E-state index in [2.05, 4.69) is 0 Å². The average Bonchev–Trinajstić information content (AvgIpc) is 3.43. The van der Waals surface area contributed by atoms with Gasteiger partial charge in [0.1, 0.15) is 5.75 Å². The molecular formula is C18H26N2O4S. The van der Waals surface area contributed by atoms with Crippen molar-refractivity contribution in [3.63, 3.8) is 0 Å². The number of benzene rings is 1. The van der Waals surface area contributed by atoms with E-state index in [0.717, 1.165) is 12.4 Å². The average molecular weight is 366 g/mol. The van der Waals surface area contributed by atoms with Gasteiger partial charge >= 0.3 is 0 Å². The first-order valence-corrected chi connectivity index (χ1v) is 10.6. The second kappa shape index (κ2) is 7.33. The van der Waals surface area contributed by atoms with E-state index in [0.29, 0.717) is 37.4 Å². The van der Waals surface area contributed by atoms with Crippen LogP contribution in [0.25, 0.3) is 0 Å². The first-order valence-electron chi connectivity index (χ1n) is 8.80. The van der Waals surface area contributed by atoms with Gasteiger partial charge in [0.05, 0.1) is 12.9 Å². The molecule has 0 unspecified atom stereocenters. The summed E-state index contributed by atoms with van der Waals surface area (Å²) < 4.78 is 30.4. The van der Waals surface area contributed by atoms with Crippen LogP contribution < -0.4 is 4.74 Å². The van der Waals surface area contributed by atoms with Crippen LogP contribution >= 0.6 is 0 Å².